The van der Waals surface area contributed by atoms with Crippen LogP contribution in [0.2, 0.25) is 0 Å². The lowest BCUT2D eigenvalue weighted by Crippen LogP contribution is -2.30. The van der Waals surface area contributed by atoms with Gasteiger partial charge in [0.1, 0.15) is 5.78 Å². The molecule has 0 saturated heterocycles. The Morgan fingerprint density at radius 2 is 2.27 bits per heavy atom. The van der Waals surface area contributed by atoms with Crippen LogP contribution in [0.3, 0.4) is 0 Å². The molecule has 0 aromatic heterocycles. The van der Waals surface area contributed by atoms with Crippen LogP contribution in [-0.4, -0.2) is 5.78 Å². The molecule has 0 radical (unpaired) electrons. The molecule has 1 rings (SSSR count). The summed E-state index contributed by atoms with van der Waals surface area (Å²) < 4.78 is 0. The van der Waals surface area contributed by atoms with E-state index in [1.807, 2.05) is 0 Å². The lowest BCUT2D eigenvalue weighted by molar-refractivity contribution is -0.127. The molecule has 1 heteroatoms. The van der Waals surface area contributed by atoms with Crippen molar-refractivity contribution in [1.82, 2.24) is 0 Å². The Hall–Kier alpha value is -0.330. The highest BCUT2D eigenvalue weighted by Crippen LogP contribution is 2.38. The second kappa shape index (κ2) is 2.96. The lowest BCUT2D eigenvalue weighted by atomic mass is 9.70. The highest BCUT2D eigenvalue weighted by molar-refractivity contribution is 5.82. The van der Waals surface area contributed by atoms with Gasteiger partial charge in [-0.25, -0.2) is 0 Å². The van der Waals surface area contributed by atoms with E-state index in [9.17, 15) is 4.79 Å². The second-order valence-electron chi connectivity index (χ2n) is 4.25. The third kappa shape index (κ3) is 1.82. The number of rotatable bonds is 1. The Labute approximate surface area is 69.2 Å². The molecule has 0 aromatic carbocycles. The van der Waals surface area contributed by atoms with Crippen molar-refractivity contribution in [3.8, 4) is 0 Å². The maximum Gasteiger partial charge on any atom is 0.136 e. The van der Waals surface area contributed by atoms with E-state index in [2.05, 4.69) is 20.8 Å². The Morgan fingerprint density at radius 1 is 1.64 bits per heavy atom. The fourth-order valence-electron chi connectivity index (χ4n) is 1.71. The topological polar surface area (TPSA) is 17.1 Å². The number of hydrogen-bond acceptors (Lipinski definition) is 1. The van der Waals surface area contributed by atoms with Gasteiger partial charge in [-0.15, -0.1) is 0 Å². The van der Waals surface area contributed by atoms with Crippen molar-refractivity contribution >= 4 is 5.78 Å². The zero-order valence-electron chi connectivity index (χ0n) is 7.81. The van der Waals surface area contributed by atoms with Crippen LogP contribution in [0, 0.1) is 11.3 Å². The minimum atomic E-state index is 0.323. The smallest absolute Gasteiger partial charge is 0.136 e. The highest BCUT2D eigenvalue weighted by Gasteiger charge is 2.32. The lowest BCUT2D eigenvalue weighted by Gasteiger charge is -2.34. The van der Waals surface area contributed by atoms with Gasteiger partial charge in [-0.05, 0) is 18.3 Å². The summed E-state index contributed by atoms with van der Waals surface area (Å²) in [6.07, 6.45) is 4.29. The zero-order chi connectivity index (χ0) is 8.48. The van der Waals surface area contributed by atoms with Crippen LogP contribution in [0.15, 0.2) is 0 Å². The summed E-state index contributed by atoms with van der Waals surface area (Å²) >= 11 is 0. The van der Waals surface area contributed by atoms with Gasteiger partial charge in [-0.3, -0.25) is 4.79 Å². The van der Waals surface area contributed by atoms with Crippen LogP contribution in [0.1, 0.15) is 46.5 Å². The maximum absolute atomic E-state index is 11.4. The van der Waals surface area contributed by atoms with Gasteiger partial charge in [-0.2, -0.15) is 0 Å². The number of hydrogen-bond donors (Lipinski definition) is 0. The minimum Gasteiger partial charge on any atom is -0.299 e. The van der Waals surface area contributed by atoms with Crippen molar-refractivity contribution in [3.05, 3.63) is 0 Å². The van der Waals surface area contributed by atoms with Crippen LogP contribution in [0.4, 0.5) is 0 Å². The van der Waals surface area contributed by atoms with E-state index >= 15 is 0 Å². The molecule has 11 heavy (non-hydrogen) atoms. The fraction of sp³-hybridized carbons (Fsp3) is 0.900. The third-order valence-electron chi connectivity index (χ3n) is 3.19. The van der Waals surface area contributed by atoms with Crippen molar-refractivity contribution in [2.24, 2.45) is 11.3 Å². The van der Waals surface area contributed by atoms with Crippen molar-refractivity contribution in [1.29, 1.82) is 0 Å². The molecule has 1 aliphatic carbocycles. The molecule has 0 spiro atoms. The average Bonchev–Trinajstić information content (AvgIpc) is 1.98. The van der Waals surface area contributed by atoms with Gasteiger partial charge in [-0.1, -0.05) is 27.2 Å². The Kier molecular flexibility index (Phi) is 2.36. The summed E-state index contributed by atoms with van der Waals surface area (Å²) in [7, 11) is 0. The summed E-state index contributed by atoms with van der Waals surface area (Å²) in [5, 5.41) is 0. The van der Waals surface area contributed by atoms with Crippen LogP contribution >= 0.6 is 0 Å². The molecule has 1 aliphatic rings. The standard InChI is InChI=1S/C10H18O/c1-4-10(3)6-5-8(2)9(11)7-10/h8H,4-7H2,1-3H3/t8?,10-/m0/s1. The first-order valence-electron chi connectivity index (χ1n) is 4.60. The zero-order valence-corrected chi connectivity index (χ0v) is 7.81. The van der Waals surface area contributed by atoms with Gasteiger partial charge < -0.3 is 0 Å². The molecule has 64 valence electrons. The molecular formula is C10H18O. The first kappa shape index (κ1) is 8.76. The van der Waals surface area contributed by atoms with E-state index in [0.717, 1.165) is 19.3 Å². The minimum absolute atomic E-state index is 0.323. The molecule has 2 atom stereocenters. The van der Waals surface area contributed by atoms with E-state index < -0.39 is 0 Å². The molecular weight excluding hydrogens is 136 g/mol. The molecule has 0 aromatic rings. The summed E-state index contributed by atoms with van der Waals surface area (Å²) in [5.41, 5.74) is 0.323. The first-order valence-corrected chi connectivity index (χ1v) is 4.60. The number of carbonyl (C=O) groups excluding carboxylic acids is 1. The first-order chi connectivity index (χ1) is 5.07. The number of Topliss-reactive ketones (excluding diaryl/α,β-unsaturated/α-hetero) is 1. The molecule has 1 unspecified atom stereocenters. The summed E-state index contributed by atoms with van der Waals surface area (Å²) in [6.45, 7) is 6.47. The van der Waals surface area contributed by atoms with Crippen LogP contribution < -0.4 is 0 Å². The number of ketones is 1. The SMILES string of the molecule is CC[C@@]1(C)CCC(C)C(=O)C1. The van der Waals surface area contributed by atoms with Gasteiger partial charge in [0.05, 0.1) is 0 Å². The highest BCUT2D eigenvalue weighted by atomic mass is 16.1. The van der Waals surface area contributed by atoms with Crippen LogP contribution in [-0.2, 0) is 4.79 Å². The predicted molar refractivity (Wildman–Crippen MR) is 46.4 cm³/mol. The molecule has 1 nitrogen and oxygen atoms in total. The van der Waals surface area contributed by atoms with Crippen molar-refractivity contribution in [3.63, 3.8) is 0 Å². The van der Waals surface area contributed by atoms with Gasteiger partial charge in [0, 0.05) is 12.3 Å². The maximum atomic E-state index is 11.4. The predicted octanol–water partition coefficient (Wildman–Crippen LogP) is 2.79. The molecule has 0 bridgehead atoms. The Bertz CT molecular complexity index is 162. The third-order valence-corrected chi connectivity index (χ3v) is 3.19. The molecule has 0 N–H and O–H groups in total. The van der Waals surface area contributed by atoms with Gasteiger partial charge in [0.15, 0.2) is 0 Å². The largest absolute Gasteiger partial charge is 0.299 e. The normalized spacial score (nSPS) is 39.2. The van der Waals surface area contributed by atoms with Crippen molar-refractivity contribution < 1.29 is 4.79 Å². The van der Waals surface area contributed by atoms with Gasteiger partial charge in [0.25, 0.3) is 0 Å². The molecule has 0 aliphatic heterocycles. The van der Waals surface area contributed by atoms with E-state index in [1.54, 1.807) is 0 Å². The van der Waals surface area contributed by atoms with Crippen LogP contribution in [0.5, 0.6) is 0 Å². The van der Waals surface area contributed by atoms with Crippen molar-refractivity contribution in [2.45, 2.75) is 46.5 Å². The van der Waals surface area contributed by atoms with E-state index in [0.29, 0.717) is 17.1 Å². The van der Waals surface area contributed by atoms with E-state index in [-0.39, 0.29) is 0 Å². The fourth-order valence-corrected chi connectivity index (χ4v) is 1.71. The quantitative estimate of drug-likeness (QED) is 0.567. The van der Waals surface area contributed by atoms with Gasteiger partial charge >= 0.3 is 0 Å². The monoisotopic (exact) mass is 154 g/mol. The summed E-state index contributed by atoms with van der Waals surface area (Å²) in [5.74, 6) is 0.801. The summed E-state index contributed by atoms with van der Waals surface area (Å²) in [6, 6.07) is 0. The molecule has 0 amide bonds. The van der Waals surface area contributed by atoms with Gasteiger partial charge in [0.2, 0.25) is 0 Å². The van der Waals surface area contributed by atoms with E-state index in [1.165, 1.54) is 6.42 Å². The number of carbonyl (C=O) groups is 1. The Morgan fingerprint density at radius 3 is 2.73 bits per heavy atom. The summed E-state index contributed by atoms with van der Waals surface area (Å²) in [4.78, 5) is 11.4. The van der Waals surface area contributed by atoms with Crippen LogP contribution in [0.25, 0.3) is 0 Å². The molecule has 1 fully saturated rings. The molecule has 1 saturated carbocycles. The Balaban J connectivity index is 2.59. The van der Waals surface area contributed by atoms with Crippen molar-refractivity contribution in [2.75, 3.05) is 0 Å². The second-order valence-corrected chi connectivity index (χ2v) is 4.25. The van der Waals surface area contributed by atoms with E-state index in [4.69, 9.17) is 0 Å². The molecule has 0 heterocycles. The average molecular weight is 154 g/mol.